The van der Waals surface area contributed by atoms with Crippen molar-refractivity contribution >= 4 is 17.7 Å². The molecule has 7 heteroatoms. The summed E-state index contributed by atoms with van der Waals surface area (Å²) in [5, 5.41) is 3.31. The highest BCUT2D eigenvalue weighted by molar-refractivity contribution is 5.85. The Morgan fingerprint density at radius 3 is 2.60 bits per heavy atom. The molecule has 0 unspecified atom stereocenters. The van der Waals surface area contributed by atoms with Crippen molar-refractivity contribution in [1.82, 2.24) is 20.1 Å². The van der Waals surface area contributed by atoms with Crippen LogP contribution in [0.15, 0.2) is 41.5 Å². The number of piperazine rings is 1. The van der Waals surface area contributed by atoms with Crippen LogP contribution in [0.3, 0.4) is 0 Å². The maximum absolute atomic E-state index is 11.8. The Hall–Kier alpha value is -2.57. The van der Waals surface area contributed by atoms with Crippen LogP contribution >= 0.6 is 0 Å². The second-order valence-corrected chi connectivity index (χ2v) is 6.40. The van der Waals surface area contributed by atoms with Crippen LogP contribution in [0.4, 0.5) is 5.82 Å². The Kier molecular flexibility index (Phi) is 6.80. The summed E-state index contributed by atoms with van der Waals surface area (Å²) in [6.07, 6.45) is 1.82. The van der Waals surface area contributed by atoms with Gasteiger partial charge in [0.25, 0.3) is 0 Å². The summed E-state index contributed by atoms with van der Waals surface area (Å²) in [7, 11) is 3.48. The Morgan fingerprint density at radius 2 is 2.04 bits per heavy atom. The number of hydrogen-bond acceptors (Lipinski definition) is 4. The molecular weight excluding hydrogens is 316 g/mol. The van der Waals surface area contributed by atoms with Gasteiger partial charge in [-0.25, -0.2) is 9.98 Å². The molecule has 1 fully saturated rings. The SMILES string of the molecule is C=C(C)CNC(=NCC(=O)N(C)C)N1CCN(c2ccccn2)CC1. The molecule has 1 aromatic heterocycles. The van der Waals surface area contributed by atoms with E-state index in [1.807, 2.05) is 31.3 Å². The van der Waals surface area contributed by atoms with Crippen molar-refractivity contribution in [3.8, 4) is 0 Å². The van der Waals surface area contributed by atoms with E-state index in [2.05, 4.69) is 31.7 Å². The lowest BCUT2D eigenvalue weighted by atomic mass is 10.3. The number of aromatic nitrogens is 1. The van der Waals surface area contributed by atoms with E-state index in [4.69, 9.17) is 0 Å². The summed E-state index contributed by atoms with van der Waals surface area (Å²) in [4.78, 5) is 26.8. The van der Waals surface area contributed by atoms with Gasteiger partial charge in [0.15, 0.2) is 5.96 Å². The van der Waals surface area contributed by atoms with Crippen molar-refractivity contribution in [3.63, 3.8) is 0 Å². The normalized spacial score (nSPS) is 15.1. The van der Waals surface area contributed by atoms with Crippen molar-refractivity contribution in [1.29, 1.82) is 0 Å². The number of carbonyl (C=O) groups excluding carboxylic acids is 1. The average molecular weight is 344 g/mol. The monoisotopic (exact) mass is 344 g/mol. The number of nitrogens with one attached hydrogen (secondary N) is 1. The van der Waals surface area contributed by atoms with Crippen LogP contribution in [0, 0.1) is 0 Å². The van der Waals surface area contributed by atoms with Gasteiger partial charge >= 0.3 is 0 Å². The van der Waals surface area contributed by atoms with E-state index in [9.17, 15) is 4.79 Å². The van der Waals surface area contributed by atoms with Crippen LogP contribution in [0.5, 0.6) is 0 Å². The van der Waals surface area contributed by atoms with Crippen molar-refractivity contribution in [2.24, 2.45) is 4.99 Å². The maximum Gasteiger partial charge on any atom is 0.243 e. The van der Waals surface area contributed by atoms with Crippen LogP contribution in [-0.2, 0) is 4.79 Å². The third-order valence-electron chi connectivity index (χ3n) is 3.96. The zero-order chi connectivity index (χ0) is 18.2. The van der Waals surface area contributed by atoms with Gasteiger partial charge in [-0.2, -0.15) is 0 Å². The van der Waals surface area contributed by atoms with Gasteiger partial charge in [0.05, 0.1) is 0 Å². The first kappa shape index (κ1) is 18.8. The molecule has 1 aromatic rings. The molecule has 1 N–H and O–H groups in total. The smallest absolute Gasteiger partial charge is 0.243 e. The average Bonchev–Trinajstić information content (AvgIpc) is 2.62. The quantitative estimate of drug-likeness (QED) is 0.487. The number of carbonyl (C=O) groups is 1. The molecule has 0 bridgehead atoms. The Balaban J connectivity index is 1.99. The van der Waals surface area contributed by atoms with Gasteiger partial charge in [-0.3, -0.25) is 4.79 Å². The minimum Gasteiger partial charge on any atom is -0.353 e. The molecule has 0 aromatic carbocycles. The topological polar surface area (TPSA) is 64.1 Å². The second kappa shape index (κ2) is 9.05. The standard InChI is InChI=1S/C18H28N6O/c1-15(2)13-20-18(21-14-17(25)22(3)4)24-11-9-23(10-12-24)16-7-5-6-8-19-16/h5-8H,1,9-14H2,2-4H3,(H,20,21). The summed E-state index contributed by atoms with van der Waals surface area (Å²) in [5.74, 6) is 1.75. The Morgan fingerprint density at radius 1 is 1.32 bits per heavy atom. The predicted molar refractivity (Wildman–Crippen MR) is 102 cm³/mol. The minimum absolute atomic E-state index is 0.0123. The lowest BCUT2D eigenvalue weighted by molar-refractivity contribution is -0.127. The summed E-state index contributed by atoms with van der Waals surface area (Å²) >= 11 is 0. The first-order chi connectivity index (χ1) is 12.0. The third kappa shape index (κ3) is 5.77. The molecule has 0 atom stereocenters. The van der Waals surface area contributed by atoms with Gasteiger partial charge in [0.2, 0.25) is 5.91 Å². The largest absolute Gasteiger partial charge is 0.353 e. The van der Waals surface area contributed by atoms with Crippen molar-refractivity contribution < 1.29 is 4.79 Å². The molecule has 0 aliphatic carbocycles. The summed E-state index contributed by atoms with van der Waals surface area (Å²) in [5.41, 5.74) is 1.03. The molecule has 2 rings (SSSR count). The highest BCUT2D eigenvalue weighted by Crippen LogP contribution is 2.12. The summed E-state index contributed by atoms with van der Waals surface area (Å²) in [6, 6.07) is 5.95. The first-order valence-electron chi connectivity index (χ1n) is 8.51. The van der Waals surface area contributed by atoms with E-state index >= 15 is 0 Å². The fourth-order valence-corrected chi connectivity index (χ4v) is 2.47. The predicted octanol–water partition coefficient (Wildman–Crippen LogP) is 0.814. The van der Waals surface area contributed by atoms with Crippen LogP contribution in [-0.4, -0.2) is 80.0 Å². The van der Waals surface area contributed by atoms with Crippen LogP contribution < -0.4 is 10.2 Å². The number of aliphatic imine (C=N–C) groups is 1. The molecule has 25 heavy (non-hydrogen) atoms. The number of hydrogen-bond donors (Lipinski definition) is 1. The molecule has 1 saturated heterocycles. The number of anilines is 1. The molecule has 0 spiro atoms. The van der Waals surface area contributed by atoms with E-state index in [-0.39, 0.29) is 12.5 Å². The third-order valence-corrected chi connectivity index (χ3v) is 3.96. The van der Waals surface area contributed by atoms with Gasteiger partial charge < -0.3 is 20.0 Å². The van der Waals surface area contributed by atoms with E-state index in [1.165, 1.54) is 0 Å². The van der Waals surface area contributed by atoms with Gasteiger partial charge in [-0.05, 0) is 19.1 Å². The molecule has 1 amide bonds. The molecule has 136 valence electrons. The highest BCUT2D eigenvalue weighted by atomic mass is 16.2. The number of guanidine groups is 1. The minimum atomic E-state index is -0.0123. The zero-order valence-electron chi connectivity index (χ0n) is 15.4. The Bertz CT molecular complexity index is 605. The lowest BCUT2D eigenvalue weighted by Gasteiger charge is -2.37. The van der Waals surface area contributed by atoms with Crippen LogP contribution in [0.25, 0.3) is 0 Å². The molecule has 0 radical (unpaired) electrons. The van der Waals surface area contributed by atoms with Crippen molar-refractivity contribution in [2.75, 3.05) is 58.3 Å². The van der Waals surface area contributed by atoms with E-state index in [1.54, 1.807) is 19.0 Å². The fourth-order valence-electron chi connectivity index (χ4n) is 2.47. The lowest BCUT2D eigenvalue weighted by Crippen LogP contribution is -2.53. The summed E-state index contributed by atoms with van der Waals surface area (Å²) < 4.78 is 0. The molecule has 1 aliphatic heterocycles. The van der Waals surface area contributed by atoms with Gasteiger partial charge in [0.1, 0.15) is 12.4 Å². The Labute approximate surface area is 150 Å². The van der Waals surface area contributed by atoms with Gasteiger partial charge in [-0.1, -0.05) is 18.2 Å². The zero-order valence-corrected chi connectivity index (χ0v) is 15.4. The molecule has 2 heterocycles. The second-order valence-electron chi connectivity index (χ2n) is 6.40. The van der Waals surface area contributed by atoms with Crippen LogP contribution in [0.2, 0.25) is 0 Å². The number of rotatable bonds is 5. The number of pyridine rings is 1. The summed E-state index contributed by atoms with van der Waals surface area (Å²) in [6.45, 7) is 10.1. The van der Waals surface area contributed by atoms with Crippen LogP contribution in [0.1, 0.15) is 6.92 Å². The number of likely N-dealkylation sites (N-methyl/N-ethyl adjacent to an activating group) is 1. The van der Waals surface area contributed by atoms with E-state index in [0.29, 0.717) is 6.54 Å². The highest BCUT2D eigenvalue weighted by Gasteiger charge is 2.20. The van der Waals surface area contributed by atoms with Crippen molar-refractivity contribution in [2.45, 2.75) is 6.92 Å². The van der Waals surface area contributed by atoms with Gasteiger partial charge in [0, 0.05) is 53.0 Å². The molecule has 1 aliphatic rings. The molecular formula is C18H28N6O. The fraction of sp³-hybridized carbons (Fsp3) is 0.500. The maximum atomic E-state index is 11.8. The molecule has 0 saturated carbocycles. The number of nitrogens with zero attached hydrogens (tertiary/aromatic N) is 5. The first-order valence-corrected chi connectivity index (χ1v) is 8.51. The van der Waals surface area contributed by atoms with Crippen molar-refractivity contribution in [3.05, 3.63) is 36.5 Å². The van der Waals surface area contributed by atoms with Gasteiger partial charge in [-0.15, -0.1) is 0 Å². The number of amides is 1. The van der Waals surface area contributed by atoms with E-state index < -0.39 is 0 Å². The molecule has 7 nitrogen and oxygen atoms in total. The van der Waals surface area contributed by atoms with E-state index in [0.717, 1.165) is 43.5 Å².